The minimum Gasteiger partial charge on any atom is -0.336 e. The maximum atomic E-state index is 12.8. The van der Waals surface area contributed by atoms with E-state index < -0.39 is 0 Å². The van der Waals surface area contributed by atoms with Crippen molar-refractivity contribution in [3.63, 3.8) is 0 Å². The minimum atomic E-state index is 0.220. The molecule has 1 aromatic rings. The van der Waals surface area contributed by atoms with E-state index in [-0.39, 0.29) is 11.3 Å². The minimum absolute atomic E-state index is 0.220. The van der Waals surface area contributed by atoms with E-state index in [9.17, 15) is 4.79 Å². The van der Waals surface area contributed by atoms with E-state index in [4.69, 9.17) is 0 Å². The predicted molar refractivity (Wildman–Crippen MR) is 84.0 cm³/mol. The number of nitrogens with zero attached hydrogens (tertiary/aromatic N) is 1. The second kappa shape index (κ2) is 5.59. The number of hydrogen-bond donors (Lipinski definition) is 0. The van der Waals surface area contributed by atoms with Crippen LogP contribution in [0.15, 0.2) is 18.2 Å². The SMILES string of the molecule is Cc1ccc(C)c(C(=O)N2CCCC2CC(C)(C)C)c1. The Morgan fingerprint density at radius 3 is 2.65 bits per heavy atom. The van der Waals surface area contributed by atoms with Crippen LogP contribution >= 0.6 is 0 Å². The van der Waals surface area contributed by atoms with E-state index in [0.29, 0.717) is 6.04 Å². The number of aryl methyl sites for hydroxylation is 2. The molecule has 0 radical (unpaired) electrons. The maximum absolute atomic E-state index is 12.8. The van der Waals surface area contributed by atoms with Crippen LogP contribution in [0.3, 0.4) is 0 Å². The van der Waals surface area contributed by atoms with Gasteiger partial charge in [0.15, 0.2) is 0 Å². The third-order valence-corrected chi connectivity index (χ3v) is 4.11. The first kappa shape index (κ1) is 15.1. The van der Waals surface area contributed by atoms with E-state index in [1.54, 1.807) is 0 Å². The van der Waals surface area contributed by atoms with Gasteiger partial charge in [-0.25, -0.2) is 0 Å². The summed E-state index contributed by atoms with van der Waals surface area (Å²) in [6.45, 7) is 11.8. The van der Waals surface area contributed by atoms with Gasteiger partial charge in [0.05, 0.1) is 0 Å². The van der Waals surface area contributed by atoms with Gasteiger partial charge in [-0.2, -0.15) is 0 Å². The van der Waals surface area contributed by atoms with Gasteiger partial charge in [0.25, 0.3) is 5.91 Å². The van der Waals surface area contributed by atoms with Crippen molar-refractivity contribution in [1.82, 2.24) is 4.90 Å². The lowest BCUT2D eigenvalue weighted by atomic mass is 9.87. The third-order valence-electron chi connectivity index (χ3n) is 4.11. The number of carbonyl (C=O) groups excluding carboxylic acids is 1. The van der Waals surface area contributed by atoms with Crippen molar-refractivity contribution in [3.8, 4) is 0 Å². The molecule has 0 bridgehead atoms. The Morgan fingerprint density at radius 2 is 2.00 bits per heavy atom. The van der Waals surface area contributed by atoms with E-state index in [2.05, 4.69) is 37.8 Å². The van der Waals surface area contributed by atoms with E-state index in [0.717, 1.165) is 42.5 Å². The topological polar surface area (TPSA) is 20.3 Å². The molecule has 1 unspecified atom stereocenters. The van der Waals surface area contributed by atoms with Crippen molar-refractivity contribution < 1.29 is 4.79 Å². The van der Waals surface area contributed by atoms with Crippen LogP contribution in [0.1, 0.15) is 61.5 Å². The third kappa shape index (κ3) is 3.41. The summed E-state index contributed by atoms with van der Waals surface area (Å²) in [6, 6.07) is 6.56. The molecule has 1 aliphatic rings. The first-order chi connectivity index (χ1) is 9.28. The van der Waals surface area contributed by atoms with Crippen LogP contribution in [0.5, 0.6) is 0 Å². The molecule has 0 saturated carbocycles. The second-order valence-electron chi connectivity index (χ2n) is 7.38. The highest BCUT2D eigenvalue weighted by atomic mass is 16.2. The number of rotatable bonds is 2. The smallest absolute Gasteiger partial charge is 0.254 e. The Labute approximate surface area is 123 Å². The fraction of sp³-hybridized carbons (Fsp3) is 0.611. The van der Waals surface area contributed by atoms with Gasteiger partial charge in [0.2, 0.25) is 0 Å². The Bertz CT molecular complexity index is 499. The molecule has 1 amide bonds. The van der Waals surface area contributed by atoms with Crippen molar-refractivity contribution in [1.29, 1.82) is 0 Å². The lowest BCUT2D eigenvalue weighted by Crippen LogP contribution is -2.38. The summed E-state index contributed by atoms with van der Waals surface area (Å²) >= 11 is 0. The fourth-order valence-electron chi connectivity index (χ4n) is 3.14. The molecular formula is C18H27NO. The first-order valence-electron chi connectivity index (χ1n) is 7.66. The normalized spacial score (nSPS) is 19.4. The summed E-state index contributed by atoms with van der Waals surface area (Å²) in [7, 11) is 0. The lowest BCUT2D eigenvalue weighted by Gasteiger charge is -2.30. The Hall–Kier alpha value is -1.31. The van der Waals surface area contributed by atoms with Crippen LogP contribution < -0.4 is 0 Å². The summed E-state index contributed by atoms with van der Waals surface area (Å²) in [6.07, 6.45) is 3.37. The molecule has 2 rings (SSSR count). The molecule has 2 nitrogen and oxygen atoms in total. The van der Waals surface area contributed by atoms with E-state index >= 15 is 0 Å². The van der Waals surface area contributed by atoms with Crippen molar-refractivity contribution in [3.05, 3.63) is 34.9 Å². The van der Waals surface area contributed by atoms with Crippen LogP contribution in [0.25, 0.3) is 0 Å². The summed E-state index contributed by atoms with van der Waals surface area (Å²) in [4.78, 5) is 14.9. The average Bonchev–Trinajstić information content (AvgIpc) is 2.77. The van der Waals surface area contributed by atoms with Crippen molar-refractivity contribution in [2.75, 3.05) is 6.54 Å². The van der Waals surface area contributed by atoms with Gasteiger partial charge in [0.1, 0.15) is 0 Å². The van der Waals surface area contributed by atoms with Gasteiger partial charge >= 0.3 is 0 Å². The molecule has 1 aromatic carbocycles. The molecule has 1 saturated heterocycles. The molecular weight excluding hydrogens is 246 g/mol. The molecule has 2 heteroatoms. The zero-order valence-electron chi connectivity index (χ0n) is 13.5. The van der Waals surface area contributed by atoms with E-state index in [1.807, 2.05) is 19.9 Å². The molecule has 1 atom stereocenters. The predicted octanol–water partition coefficient (Wildman–Crippen LogP) is 4.34. The molecule has 20 heavy (non-hydrogen) atoms. The largest absolute Gasteiger partial charge is 0.336 e. The zero-order chi connectivity index (χ0) is 14.9. The van der Waals surface area contributed by atoms with Crippen molar-refractivity contribution in [2.24, 2.45) is 5.41 Å². The molecule has 0 N–H and O–H groups in total. The lowest BCUT2D eigenvalue weighted by molar-refractivity contribution is 0.0703. The molecule has 110 valence electrons. The number of benzene rings is 1. The fourth-order valence-corrected chi connectivity index (χ4v) is 3.14. The molecule has 1 heterocycles. The molecule has 0 aromatic heterocycles. The van der Waals surface area contributed by atoms with Crippen LogP contribution in [-0.2, 0) is 0 Å². The van der Waals surface area contributed by atoms with Gasteiger partial charge in [-0.1, -0.05) is 38.5 Å². The van der Waals surface area contributed by atoms with Crippen LogP contribution in [0, 0.1) is 19.3 Å². The van der Waals surface area contributed by atoms with E-state index in [1.165, 1.54) is 0 Å². The second-order valence-corrected chi connectivity index (χ2v) is 7.38. The number of carbonyl (C=O) groups is 1. The number of amides is 1. The summed E-state index contributed by atoms with van der Waals surface area (Å²) in [5.41, 5.74) is 3.40. The molecule has 0 aliphatic carbocycles. The van der Waals surface area contributed by atoms with Gasteiger partial charge in [-0.05, 0) is 50.2 Å². The quantitative estimate of drug-likeness (QED) is 0.784. The first-order valence-corrected chi connectivity index (χ1v) is 7.66. The maximum Gasteiger partial charge on any atom is 0.254 e. The highest BCUT2D eigenvalue weighted by molar-refractivity contribution is 5.96. The number of hydrogen-bond acceptors (Lipinski definition) is 1. The zero-order valence-corrected chi connectivity index (χ0v) is 13.5. The Balaban J connectivity index is 2.21. The molecule has 0 spiro atoms. The Morgan fingerprint density at radius 1 is 1.30 bits per heavy atom. The average molecular weight is 273 g/mol. The van der Waals surface area contributed by atoms with Gasteiger partial charge in [0, 0.05) is 18.2 Å². The standard InChI is InChI=1S/C18H27NO/c1-13-8-9-14(2)16(11-13)17(20)19-10-6-7-15(19)12-18(3,4)5/h8-9,11,15H,6-7,10,12H2,1-5H3. The highest BCUT2D eigenvalue weighted by Crippen LogP contribution is 2.31. The summed E-state index contributed by atoms with van der Waals surface area (Å²) < 4.78 is 0. The van der Waals surface area contributed by atoms with Gasteiger partial charge in [-0.3, -0.25) is 4.79 Å². The molecule has 1 aliphatic heterocycles. The van der Waals surface area contributed by atoms with Crippen molar-refractivity contribution in [2.45, 2.75) is 59.9 Å². The van der Waals surface area contributed by atoms with Crippen LogP contribution in [0.2, 0.25) is 0 Å². The Kier molecular flexibility index (Phi) is 4.22. The highest BCUT2D eigenvalue weighted by Gasteiger charge is 2.32. The van der Waals surface area contributed by atoms with Crippen molar-refractivity contribution >= 4 is 5.91 Å². The molecule has 1 fully saturated rings. The van der Waals surface area contributed by atoms with Gasteiger partial charge < -0.3 is 4.90 Å². The number of likely N-dealkylation sites (tertiary alicyclic amines) is 1. The van der Waals surface area contributed by atoms with Crippen LogP contribution in [-0.4, -0.2) is 23.4 Å². The summed E-state index contributed by atoms with van der Waals surface area (Å²) in [5, 5.41) is 0. The summed E-state index contributed by atoms with van der Waals surface area (Å²) in [5.74, 6) is 0.220. The van der Waals surface area contributed by atoms with Crippen LogP contribution in [0.4, 0.5) is 0 Å². The monoisotopic (exact) mass is 273 g/mol. The van der Waals surface area contributed by atoms with Gasteiger partial charge in [-0.15, -0.1) is 0 Å².